The van der Waals surface area contributed by atoms with Gasteiger partial charge in [0.1, 0.15) is 18.0 Å². The Hall–Kier alpha value is -1.24. The van der Waals surface area contributed by atoms with Crippen molar-refractivity contribution < 1.29 is 4.74 Å². The smallest absolute Gasteiger partial charge is 0.185 e. The van der Waals surface area contributed by atoms with Gasteiger partial charge in [0.15, 0.2) is 5.16 Å². The van der Waals surface area contributed by atoms with E-state index in [4.69, 9.17) is 39.5 Å². The van der Waals surface area contributed by atoms with Crippen molar-refractivity contribution in [3.8, 4) is 0 Å². The lowest BCUT2D eigenvalue weighted by Gasteiger charge is -2.15. The van der Waals surface area contributed by atoms with Crippen LogP contribution in [-0.2, 0) is 16.9 Å². The second-order valence-corrected chi connectivity index (χ2v) is 7.94. The summed E-state index contributed by atoms with van der Waals surface area (Å²) in [4.78, 5) is 4.27. The van der Waals surface area contributed by atoms with Crippen molar-refractivity contribution in [1.82, 2.24) is 14.8 Å². The minimum atomic E-state index is -0.600. The first-order valence-electron chi connectivity index (χ1n) is 7.85. The molecule has 0 saturated carbocycles. The third kappa shape index (κ3) is 3.12. The Morgan fingerprint density at radius 1 is 1.19 bits per heavy atom. The number of halogens is 3. The van der Waals surface area contributed by atoms with Crippen LogP contribution in [0.3, 0.4) is 0 Å². The maximum absolute atomic E-state index is 6.45. The highest BCUT2D eigenvalue weighted by molar-refractivity contribution is 7.98. The van der Waals surface area contributed by atoms with Gasteiger partial charge in [-0.1, -0.05) is 76.9 Å². The molecular formula is C18H14Cl3N3OS. The SMILES string of the molecule is CSc1ncnn1CC1(c2ccccc2)OC1c1cc(Cl)cc(Cl)c1Cl. The fourth-order valence-corrected chi connectivity index (χ4v) is 4.34. The molecule has 1 aromatic heterocycles. The minimum absolute atomic E-state index is 0.271. The van der Waals surface area contributed by atoms with Crippen LogP contribution in [0.15, 0.2) is 53.9 Å². The molecule has 134 valence electrons. The van der Waals surface area contributed by atoms with Crippen molar-refractivity contribution in [3.05, 3.63) is 75.0 Å². The Balaban J connectivity index is 1.78. The van der Waals surface area contributed by atoms with Crippen molar-refractivity contribution in [1.29, 1.82) is 0 Å². The molecule has 1 aliphatic rings. The number of thioether (sulfide) groups is 1. The average molecular weight is 427 g/mol. The highest BCUT2D eigenvalue weighted by Crippen LogP contribution is 2.60. The molecule has 0 amide bonds. The third-order valence-corrected chi connectivity index (χ3v) is 6.12. The molecule has 26 heavy (non-hydrogen) atoms. The van der Waals surface area contributed by atoms with Gasteiger partial charge in [0.25, 0.3) is 0 Å². The first-order chi connectivity index (χ1) is 12.5. The molecule has 2 heterocycles. The fourth-order valence-electron chi connectivity index (χ4n) is 3.15. The lowest BCUT2D eigenvalue weighted by atomic mass is 9.91. The molecule has 8 heteroatoms. The second kappa shape index (κ2) is 7.06. The number of benzene rings is 2. The number of epoxide rings is 1. The molecule has 4 nitrogen and oxygen atoms in total. The van der Waals surface area contributed by atoms with Crippen LogP contribution < -0.4 is 0 Å². The summed E-state index contributed by atoms with van der Waals surface area (Å²) < 4.78 is 8.09. The summed E-state index contributed by atoms with van der Waals surface area (Å²) in [7, 11) is 0. The molecule has 2 aromatic carbocycles. The monoisotopic (exact) mass is 425 g/mol. The lowest BCUT2D eigenvalue weighted by Crippen LogP contribution is -2.20. The molecule has 4 rings (SSSR count). The average Bonchev–Trinajstić information content (AvgIpc) is 3.19. The Morgan fingerprint density at radius 2 is 1.96 bits per heavy atom. The van der Waals surface area contributed by atoms with Gasteiger partial charge in [-0.3, -0.25) is 0 Å². The first kappa shape index (κ1) is 18.1. The molecule has 1 aliphatic heterocycles. The zero-order valence-electron chi connectivity index (χ0n) is 13.7. The van der Waals surface area contributed by atoms with E-state index in [1.54, 1.807) is 12.4 Å². The van der Waals surface area contributed by atoms with Crippen LogP contribution in [0.4, 0.5) is 0 Å². The van der Waals surface area contributed by atoms with Crippen LogP contribution in [0.2, 0.25) is 15.1 Å². The Bertz CT molecular complexity index is 950. The molecule has 2 atom stereocenters. The van der Waals surface area contributed by atoms with Gasteiger partial charge >= 0.3 is 0 Å². The summed E-state index contributed by atoms with van der Waals surface area (Å²) in [6.45, 7) is 0.512. The van der Waals surface area contributed by atoms with Gasteiger partial charge in [-0.05, 0) is 24.0 Å². The summed E-state index contributed by atoms with van der Waals surface area (Å²) in [5, 5.41) is 6.57. The fraction of sp³-hybridized carbons (Fsp3) is 0.222. The van der Waals surface area contributed by atoms with Gasteiger partial charge in [-0.2, -0.15) is 5.10 Å². The highest BCUT2D eigenvalue weighted by atomic mass is 35.5. The van der Waals surface area contributed by atoms with Crippen LogP contribution in [0.25, 0.3) is 0 Å². The van der Waals surface area contributed by atoms with Gasteiger partial charge in [-0.15, -0.1) is 0 Å². The van der Waals surface area contributed by atoms with Crippen molar-refractivity contribution >= 4 is 46.6 Å². The molecule has 0 bridgehead atoms. The molecular weight excluding hydrogens is 413 g/mol. The molecule has 0 N–H and O–H groups in total. The Labute approximate surface area is 170 Å². The molecule has 0 aliphatic carbocycles. The summed E-state index contributed by atoms with van der Waals surface area (Å²) >= 11 is 20.4. The van der Waals surface area contributed by atoms with Crippen molar-refractivity contribution in [2.45, 2.75) is 23.4 Å². The predicted molar refractivity (Wildman–Crippen MR) is 105 cm³/mol. The summed E-state index contributed by atoms with van der Waals surface area (Å²) in [6.07, 6.45) is 3.24. The normalized spacial score (nSPS) is 21.8. The number of nitrogens with zero attached hydrogens (tertiary/aromatic N) is 3. The van der Waals surface area contributed by atoms with E-state index < -0.39 is 5.60 Å². The van der Waals surface area contributed by atoms with Crippen LogP contribution in [0.1, 0.15) is 17.2 Å². The molecule has 1 fully saturated rings. The predicted octanol–water partition coefficient (Wildman–Crippen LogP) is 5.63. The van der Waals surface area contributed by atoms with Crippen LogP contribution in [0, 0.1) is 0 Å². The van der Waals surface area contributed by atoms with E-state index >= 15 is 0 Å². The van der Waals surface area contributed by atoms with Crippen molar-refractivity contribution in [2.24, 2.45) is 0 Å². The van der Waals surface area contributed by atoms with Crippen LogP contribution >= 0.6 is 46.6 Å². The Kier molecular flexibility index (Phi) is 4.92. The van der Waals surface area contributed by atoms with Crippen molar-refractivity contribution in [2.75, 3.05) is 6.26 Å². The number of ether oxygens (including phenoxy) is 1. The van der Waals surface area contributed by atoms with Crippen molar-refractivity contribution in [3.63, 3.8) is 0 Å². The third-order valence-electron chi connectivity index (χ3n) is 4.41. The molecule has 2 unspecified atom stereocenters. The quantitative estimate of drug-likeness (QED) is 0.301. The van der Waals surface area contributed by atoms with Gasteiger partial charge < -0.3 is 4.74 Å². The van der Waals surface area contributed by atoms with E-state index in [-0.39, 0.29) is 6.10 Å². The number of hydrogen-bond donors (Lipinski definition) is 0. The maximum Gasteiger partial charge on any atom is 0.185 e. The van der Waals surface area contributed by atoms with Gasteiger partial charge in [0, 0.05) is 10.6 Å². The van der Waals surface area contributed by atoms with E-state index in [0.29, 0.717) is 21.6 Å². The summed E-state index contributed by atoms with van der Waals surface area (Å²) in [5.74, 6) is 0. The highest BCUT2D eigenvalue weighted by Gasteiger charge is 2.60. The number of rotatable bonds is 5. The topological polar surface area (TPSA) is 43.2 Å². The largest absolute Gasteiger partial charge is 0.354 e. The van der Waals surface area contributed by atoms with Gasteiger partial charge in [0.2, 0.25) is 0 Å². The zero-order valence-corrected chi connectivity index (χ0v) is 16.8. The van der Waals surface area contributed by atoms with Gasteiger partial charge in [0.05, 0.1) is 16.6 Å². The molecule has 3 aromatic rings. The summed E-state index contributed by atoms with van der Waals surface area (Å²) in [6, 6.07) is 13.5. The van der Waals surface area contributed by atoms with Crippen LogP contribution in [-0.4, -0.2) is 21.0 Å². The van der Waals surface area contributed by atoms with Crippen LogP contribution in [0.5, 0.6) is 0 Å². The standard InChI is InChI=1S/C18H14Cl3N3OS/c1-26-17-22-10-23-24(17)9-18(11-5-3-2-4-6-11)16(25-18)13-7-12(19)8-14(20)15(13)21/h2-8,10,16H,9H2,1H3. The van der Waals surface area contributed by atoms with E-state index in [1.165, 1.54) is 11.8 Å². The number of hydrogen-bond acceptors (Lipinski definition) is 4. The molecule has 0 spiro atoms. The van der Waals surface area contributed by atoms with Gasteiger partial charge in [-0.25, -0.2) is 9.67 Å². The van der Waals surface area contributed by atoms with E-state index in [0.717, 1.165) is 16.3 Å². The lowest BCUT2D eigenvalue weighted by molar-refractivity contribution is 0.256. The maximum atomic E-state index is 6.45. The zero-order chi connectivity index (χ0) is 18.3. The minimum Gasteiger partial charge on any atom is -0.354 e. The first-order valence-corrected chi connectivity index (χ1v) is 10.2. The Morgan fingerprint density at radius 3 is 2.69 bits per heavy atom. The van der Waals surface area contributed by atoms with E-state index in [1.807, 2.05) is 47.3 Å². The van der Waals surface area contributed by atoms with E-state index in [9.17, 15) is 0 Å². The summed E-state index contributed by atoms with van der Waals surface area (Å²) in [5.41, 5.74) is 1.22. The second-order valence-electron chi connectivity index (χ2n) is 5.95. The molecule has 0 radical (unpaired) electrons. The van der Waals surface area contributed by atoms with E-state index in [2.05, 4.69) is 10.1 Å². The molecule has 1 saturated heterocycles. The number of aromatic nitrogens is 3.